The highest BCUT2D eigenvalue weighted by atomic mass is 32.1. The number of ether oxygens (including phenoxy) is 1. The zero-order valence-corrected chi connectivity index (χ0v) is 16.9. The third-order valence-corrected chi connectivity index (χ3v) is 5.21. The first kappa shape index (κ1) is 19.7. The van der Waals surface area contributed by atoms with Crippen molar-refractivity contribution in [3.8, 4) is 22.8 Å². The van der Waals surface area contributed by atoms with Crippen molar-refractivity contribution >= 4 is 28.4 Å². The van der Waals surface area contributed by atoms with E-state index < -0.39 is 5.13 Å². The van der Waals surface area contributed by atoms with E-state index in [0.717, 1.165) is 23.2 Å². The molecule has 2 aromatic carbocycles. The second-order valence-corrected chi connectivity index (χ2v) is 7.55. The molecule has 150 valence electrons. The van der Waals surface area contributed by atoms with Crippen LogP contribution in [-0.2, 0) is 4.79 Å². The van der Waals surface area contributed by atoms with Crippen molar-refractivity contribution in [3.63, 3.8) is 0 Å². The summed E-state index contributed by atoms with van der Waals surface area (Å²) in [5.41, 5.74) is 2.27. The summed E-state index contributed by atoms with van der Waals surface area (Å²) >= 11 is 0.913. The monoisotopic (exact) mass is 419 g/mol. The molecule has 0 saturated heterocycles. The predicted molar refractivity (Wildman–Crippen MR) is 116 cm³/mol. The van der Waals surface area contributed by atoms with Crippen LogP contribution in [0.3, 0.4) is 0 Å². The molecule has 1 atom stereocenters. The van der Waals surface area contributed by atoms with E-state index in [9.17, 15) is 9.18 Å². The number of aldehydes is 1. The summed E-state index contributed by atoms with van der Waals surface area (Å²) in [7, 11) is 0. The van der Waals surface area contributed by atoms with Gasteiger partial charge in [-0.05, 0) is 42.5 Å². The number of carbonyl (C=O) groups excluding carboxylic acids is 1. The van der Waals surface area contributed by atoms with Gasteiger partial charge in [-0.1, -0.05) is 36.5 Å². The summed E-state index contributed by atoms with van der Waals surface area (Å²) in [4.78, 5) is 19.8. The summed E-state index contributed by atoms with van der Waals surface area (Å²) in [6, 6.07) is 18.3. The van der Waals surface area contributed by atoms with E-state index >= 15 is 0 Å². The number of halogens is 1. The molecule has 0 aliphatic carbocycles. The van der Waals surface area contributed by atoms with Crippen molar-refractivity contribution in [2.45, 2.75) is 12.8 Å². The molecule has 0 spiro atoms. The number of hydrogen-bond donors (Lipinski definition) is 1. The number of benzene rings is 2. The molecule has 0 fully saturated rings. The minimum atomic E-state index is -0.393. The fraction of sp³-hybridized carbons (Fsp3) is 0.0870. The van der Waals surface area contributed by atoms with E-state index in [1.165, 1.54) is 0 Å². The second-order valence-electron chi connectivity index (χ2n) is 6.60. The number of rotatable bonds is 7. The predicted octanol–water partition coefficient (Wildman–Crippen LogP) is 6.18. The lowest BCUT2D eigenvalue weighted by Gasteiger charge is -2.15. The van der Waals surface area contributed by atoms with Crippen LogP contribution < -0.4 is 10.1 Å². The maximum Gasteiger partial charge on any atom is 0.206 e. The highest BCUT2D eigenvalue weighted by Crippen LogP contribution is 2.35. The Balaban J connectivity index is 1.61. The third kappa shape index (κ3) is 4.36. The number of aromatic nitrogens is 2. The Kier molecular flexibility index (Phi) is 5.81. The van der Waals surface area contributed by atoms with Crippen LogP contribution in [0, 0.1) is 5.13 Å². The van der Waals surface area contributed by atoms with Gasteiger partial charge in [0.2, 0.25) is 5.13 Å². The average molecular weight is 419 g/mol. The van der Waals surface area contributed by atoms with Gasteiger partial charge in [0.1, 0.15) is 23.5 Å². The number of pyridine rings is 1. The summed E-state index contributed by atoms with van der Waals surface area (Å²) in [5, 5.41) is 3.14. The molecular formula is C23H18FN3O2S. The lowest BCUT2D eigenvalue weighted by molar-refractivity contribution is -0.108. The van der Waals surface area contributed by atoms with Crippen molar-refractivity contribution in [1.29, 1.82) is 0 Å². The number of anilines is 2. The molecule has 0 aliphatic heterocycles. The maximum absolute atomic E-state index is 14.4. The highest BCUT2D eigenvalue weighted by molar-refractivity contribution is 7.14. The van der Waals surface area contributed by atoms with Gasteiger partial charge in [-0.2, -0.15) is 4.39 Å². The van der Waals surface area contributed by atoms with E-state index in [0.29, 0.717) is 27.9 Å². The zero-order chi connectivity index (χ0) is 20.9. The fourth-order valence-corrected chi connectivity index (χ4v) is 3.66. The van der Waals surface area contributed by atoms with Crippen molar-refractivity contribution in [2.75, 3.05) is 5.32 Å². The molecule has 2 aromatic heterocycles. The van der Waals surface area contributed by atoms with E-state index in [4.69, 9.17) is 4.74 Å². The molecule has 0 amide bonds. The van der Waals surface area contributed by atoms with Crippen LogP contribution in [0.25, 0.3) is 11.3 Å². The van der Waals surface area contributed by atoms with Crippen LogP contribution in [0.2, 0.25) is 0 Å². The Morgan fingerprint density at radius 3 is 2.70 bits per heavy atom. The number of hydrogen-bond acceptors (Lipinski definition) is 6. The summed E-state index contributed by atoms with van der Waals surface area (Å²) in [5.74, 6) is 0.901. The highest BCUT2D eigenvalue weighted by Gasteiger charge is 2.16. The number of para-hydroxylation sites is 1. The number of carbonyl (C=O) groups is 1. The van der Waals surface area contributed by atoms with Gasteiger partial charge in [0.05, 0.1) is 0 Å². The molecule has 0 bridgehead atoms. The first-order valence-electron chi connectivity index (χ1n) is 9.30. The van der Waals surface area contributed by atoms with Crippen LogP contribution in [0.1, 0.15) is 18.4 Å². The van der Waals surface area contributed by atoms with Gasteiger partial charge in [-0.25, -0.2) is 4.98 Å². The Labute approximate surface area is 177 Å². The average Bonchev–Trinajstić information content (AvgIpc) is 3.15. The Hall–Kier alpha value is -3.58. The molecule has 1 unspecified atom stereocenters. The van der Waals surface area contributed by atoms with Crippen LogP contribution in [0.15, 0.2) is 73.1 Å². The number of nitrogens with zero attached hydrogens (tertiary/aromatic N) is 2. The first-order valence-corrected chi connectivity index (χ1v) is 10.1. The minimum absolute atomic E-state index is 0.251. The zero-order valence-electron chi connectivity index (χ0n) is 16.1. The van der Waals surface area contributed by atoms with E-state index in [-0.39, 0.29) is 11.6 Å². The SMILES string of the molecule is CC(C=O)c1cc(Nc2nc(-c3cccnc3)c(F)s2)ccc1Oc1ccccc1. The number of thiazole rings is 1. The summed E-state index contributed by atoms with van der Waals surface area (Å²) in [6.07, 6.45) is 4.06. The van der Waals surface area contributed by atoms with Crippen molar-refractivity contribution in [2.24, 2.45) is 0 Å². The molecule has 0 saturated carbocycles. The molecule has 30 heavy (non-hydrogen) atoms. The largest absolute Gasteiger partial charge is 0.457 e. The van der Waals surface area contributed by atoms with Crippen LogP contribution in [0.4, 0.5) is 15.2 Å². The fourth-order valence-electron chi connectivity index (χ4n) is 2.92. The molecule has 5 nitrogen and oxygen atoms in total. The standard InChI is InChI=1S/C23H18FN3O2S/c1-15(14-28)19-12-17(9-10-20(19)29-18-7-3-2-4-8-18)26-23-27-21(22(24)30-23)16-6-5-11-25-13-16/h2-15H,1H3,(H,26,27). The minimum Gasteiger partial charge on any atom is -0.457 e. The smallest absolute Gasteiger partial charge is 0.206 e. The van der Waals surface area contributed by atoms with Crippen LogP contribution in [-0.4, -0.2) is 16.3 Å². The van der Waals surface area contributed by atoms with E-state index in [1.807, 2.05) is 42.5 Å². The van der Waals surface area contributed by atoms with Crippen LogP contribution in [0.5, 0.6) is 11.5 Å². The topological polar surface area (TPSA) is 64.1 Å². The van der Waals surface area contributed by atoms with Gasteiger partial charge in [-0.15, -0.1) is 0 Å². The Morgan fingerprint density at radius 2 is 1.97 bits per heavy atom. The van der Waals surface area contributed by atoms with Gasteiger partial charge >= 0.3 is 0 Å². The first-order chi connectivity index (χ1) is 14.6. The summed E-state index contributed by atoms with van der Waals surface area (Å²) in [6.45, 7) is 1.80. The second kappa shape index (κ2) is 8.84. The van der Waals surface area contributed by atoms with E-state index in [2.05, 4.69) is 15.3 Å². The third-order valence-electron chi connectivity index (χ3n) is 4.45. The van der Waals surface area contributed by atoms with Gasteiger partial charge in [-0.3, -0.25) is 4.98 Å². The molecule has 4 rings (SSSR count). The van der Waals surface area contributed by atoms with Gasteiger partial charge < -0.3 is 14.8 Å². The quantitative estimate of drug-likeness (QED) is 0.362. The maximum atomic E-state index is 14.4. The van der Waals surface area contributed by atoms with Crippen LogP contribution >= 0.6 is 11.3 Å². The van der Waals surface area contributed by atoms with Gasteiger partial charge in [0, 0.05) is 35.1 Å². The van der Waals surface area contributed by atoms with Crippen molar-refractivity contribution < 1.29 is 13.9 Å². The molecule has 0 radical (unpaired) electrons. The Bertz CT molecular complexity index is 1150. The number of nitrogens with one attached hydrogen (secondary N) is 1. The normalized spacial score (nSPS) is 11.7. The molecule has 2 heterocycles. The molecule has 7 heteroatoms. The van der Waals surface area contributed by atoms with E-state index in [1.54, 1.807) is 37.5 Å². The lowest BCUT2D eigenvalue weighted by atomic mass is 10.0. The lowest BCUT2D eigenvalue weighted by Crippen LogP contribution is -2.00. The molecule has 0 aliphatic rings. The van der Waals surface area contributed by atoms with Gasteiger partial charge in [0.15, 0.2) is 5.13 Å². The van der Waals surface area contributed by atoms with Crippen molar-refractivity contribution in [1.82, 2.24) is 9.97 Å². The molecular weight excluding hydrogens is 401 g/mol. The summed E-state index contributed by atoms with van der Waals surface area (Å²) < 4.78 is 20.3. The molecule has 1 N–H and O–H groups in total. The van der Waals surface area contributed by atoms with Gasteiger partial charge in [0.25, 0.3) is 0 Å². The Morgan fingerprint density at radius 1 is 1.13 bits per heavy atom. The van der Waals surface area contributed by atoms with Crippen molar-refractivity contribution in [3.05, 3.63) is 83.8 Å². The molecule has 4 aromatic rings.